The third-order valence-electron chi connectivity index (χ3n) is 5.21. The molecule has 0 aromatic carbocycles. The monoisotopic (exact) mass is 385 g/mol. The lowest BCUT2D eigenvalue weighted by atomic mass is 9.85. The molecule has 0 saturated carbocycles. The molecule has 0 aliphatic carbocycles. The molecule has 0 radical (unpaired) electrons. The lowest BCUT2D eigenvalue weighted by Crippen LogP contribution is -2.57. The summed E-state index contributed by atoms with van der Waals surface area (Å²) in [5.74, 6) is -3.01. The Kier molecular flexibility index (Phi) is 4.41. The van der Waals surface area contributed by atoms with E-state index in [0.29, 0.717) is 6.54 Å². The Morgan fingerprint density at radius 3 is 2.59 bits per heavy atom. The molecule has 0 bridgehead atoms. The first kappa shape index (κ1) is 18.6. The number of hydrogen-bond acceptors (Lipinski definition) is 10. The van der Waals surface area contributed by atoms with Gasteiger partial charge in [-0.15, -0.1) is 0 Å². The molecule has 7 atom stereocenters. The fourth-order valence-electron chi connectivity index (χ4n) is 4.38. The maximum absolute atomic E-state index is 12.7. The highest BCUT2D eigenvalue weighted by Crippen LogP contribution is 2.47. The van der Waals surface area contributed by atoms with Gasteiger partial charge in [0.2, 0.25) is 0 Å². The van der Waals surface area contributed by atoms with Crippen LogP contribution in [0.4, 0.5) is 0 Å². The van der Waals surface area contributed by atoms with Crippen molar-refractivity contribution in [2.45, 2.75) is 70.0 Å². The van der Waals surface area contributed by atoms with Gasteiger partial charge in [0, 0.05) is 13.8 Å². The van der Waals surface area contributed by atoms with Crippen molar-refractivity contribution in [2.24, 2.45) is 5.92 Å². The summed E-state index contributed by atoms with van der Waals surface area (Å²) < 4.78 is 27.7. The van der Waals surface area contributed by atoms with E-state index in [-0.39, 0.29) is 18.8 Å². The highest BCUT2D eigenvalue weighted by Gasteiger charge is 2.67. The summed E-state index contributed by atoms with van der Waals surface area (Å²) in [6, 6.07) is -0.401. The molecule has 0 aromatic heterocycles. The van der Waals surface area contributed by atoms with Crippen LogP contribution >= 0.6 is 0 Å². The minimum atomic E-state index is -0.931. The topological polar surface area (TPSA) is 110 Å². The average Bonchev–Trinajstić information content (AvgIpc) is 3.13. The van der Waals surface area contributed by atoms with Gasteiger partial charge >= 0.3 is 17.9 Å². The van der Waals surface area contributed by atoms with E-state index in [4.69, 9.17) is 28.5 Å². The Hall–Kier alpha value is -1.75. The first-order chi connectivity index (χ1) is 12.7. The third-order valence-corrected chi connectivity index (χ3v) is 5.21. The number of hydrogen-bond donors (Lipinski definition) is 0. The van der Waals surface area contributed by atoms with Crippen molar-refractivity contribution in [3.8, 4) is 0 Å². The maximum atomic E-state index is 12.7. The zero-order valence-electron chi connectivity index (χ0n) is 15.6. The van der Waals surface area contributed by atoms with E-state index in [9.17, 15) is 14.4 Å². The van der Waals surface area contributed by atoms with E-state index in [1.165, 1.54) is 13.8 Å². The summed E-state index contributed by atoms with van der Waals surface area (Å²) in [4.78, 5) is 41.4. The number of fused-ring (bicyclic) bond motifs is 5. The maximum Gasteiger partial charge on any atom is 0.314 e. The highest BCUT2D eigenvalue weighted by atomic mass is 16.8. The van der Waals surface area contributed by atoms with Gasteiger partial charge in [-0.05, 0) is 13.8 Å². The van der Waals surface area contributed by atoms with Gasteiger partial charge in [-0.2, -0.15) is 5.06 Å². The number of ether oxygens (including phenoxy) is 5. The Morgan fingerprint density at radius 2 is 1.93 bits per heavy atom. The van der Waals surface area contributed by atoms with Gasteiger partial charge < -0.3 is 23.7 Å². The van der Waals surface area contributed by atoms with E-state index in [1.807, 2.05) is 13.8 Å². The molecule has 150 valence electrons. The minimum Gasteiger partial charge on any atom is -0.462 e. The van der Waals surface area contributed by atoms with Crippen LogP contribution in [0.25, 0.3) is 0 Å². The molecule has 0 amide bonds. The smallest absolute Gasteiger partial charge is 0.314 e. The Morgan fingerprint density at radius 1 is 1.19 bits per heavy atom. The van der Waals surface area contributed by atoms with Crippen molar-refractivity contribution in [1.82, 2.24) is 5.06 Å². The van der Waals surface area contributed by atoms with Crippen LogP contribution in [0.2, 0.25) is 0 Å². The standard InChI is InChI=1S/C17H23NO9/c1-7(19)22-6-10-14(23-8(2)20)15-11(16(21)24-10)12-13-9(5-18(12)27-15)25-17(3,4)26-13/h9-15H,5-6H2,1-4H3/t9-,10-,11-,12+,13-,14-,15+/m1/s1. The van der Waals surface area contributed by atoms with Crippen LogP contribution in [0.1, 0.15) is 27.7 Å². The molecule has 10 nitrogen and oxygen atoms in total. The summed E-state index contributed by atoms with van der Waals surface area (Å²) in [5, 5.41) is 1.66. The number of cyclic esters (lactones) is 1. The number of carbonyl (C=O) groups is 3. The lowest BCUT2D eigenvalue weighted by molar-refractivity contribution is -0.235. The predicted octanol–water partition coefficient (Wildman–Crippen LogP) is -0.459. The van der Waals surface area contributed by atoms with Crippen molar-refractivity contribution in [1.29, 1.82) is 0 Å². The Bertz CT molecular complexity index is 665. The normalized spacial score (nSPS) is 42.1. The van der Waals surface area contributed by atoms with Crippen LogP contribution < -0.4 is 0 Å². The van der Waals surface area contributed by atoms with Crippen LogP contribution in [-0.2, 0) is 42.9 Å². The van der Waals surface area contributed by atoms with Crippen LogP contribution in [-0.4, -0.2) is 78.5 Å². The van der Waals surface area contributed by atoms with Crippen molar-refractivity contribution in [2.75, 3.05) is 13.2 Å². The number of rotatable bonds is 3. The van der Waals surface area contributed by atoms with Crippen LogP contribution in [0.3, 0.4) is 0 Å². The van der Waals surface area contributed by atoms with Crippen molar-refractivity contribution < 1.29 is 42.9 Å². The SMILES string of the molecule is CC(=O)OC[C@H]1OC(=O)[C@H]2[C@H](ON3C[C@H]4OC(C)(C)O[C@H]4[C@H]23)[C@@H]1OC(C)=O. The van der Waals surface area contributed by atoms with Crippen molar-refractivity contribution in [3.63, 3.8) is 0 Å². The summed E-state index contributed by atoms with van der Waals surface area (Å²) in [7, 11) is 0. The van der Waals surface area contributed by atoms with E-state index < -0.39 is 54.0 Å². The molecule has 4 saturated heterocycles. The van der Waals surface area contributed by atoms with Crippen molar-refractivity contribution in [3.05, 3.63) is 0 Å². The van der Waals surface area contributed by atoms with E-state index in [1.54, 1.807) is 5.06 Å². The minimum absolute atomic E-state index is 0.213. The summed E-state index contributed by atoms with van der Waals surface area (Å²) >= 11 is 0. The van der Waals surface area contributed by atoms with Gasteiger partial charge in [-0.1, -0.05) is 0 Å². The average molecular weight is 385 g/mol. The molecular weight excluding hydrogens is 362 g/mol. The Balaban J connectivity index is 1.58. The number of carbonyl (C=O) groups excluding carboxylic acids is 3. The van der Waals surface area contributed by atoms with E-state index >= 15 is 0 Å². The first-order valence-electron chi connectivity index (χ1n) is 8.96. The van der Waals surface area contributed by atoms with Crippen LogP contribution in [0.5, 0.6) is 0 Å². The second kappa shape index (κ2) is 6.40. The molecule has 0 N–H and O–H groups in total. The summed E-state index contributed by atoms with van der Waals surface area (Å²) in [6.45, 7) is 6.36. The molecule has 0 spiro atoms. The highest BCUT2D eigenvalue weighted by molar-refractivity contribution is 5.76. The molecule has 0 unspecified atom stereocenters. The fraction of sp³-hybridized carbons (Fsp3) is 0.824. The van der Waals surface area contributed by atoms with Gasteiger partial charge in [0.1, 0.15) is 30.8 Å². The second-order valence-corrected chi connectivity index (χ2v) is 7.68. The van der Waals surface area contributed by atoms with Gasteiger partial charge in [0.05, 0.1) is 12.6 Å². The fourth-order valence-corrected chi connectivity index (χ4v) is 4.38. The second-order valence-electron chi connectivity index (χ2n) is 7.68. The number of esters is 3. The lowest BCUT2D eigenvalue weighted by Gasteiger charge is -2.37. The molecule has 4 heterocycles. The third kappa shape index (κ3) is 3.20. The van der Waals surface area contributed by atoms with Gasteiger partial charge in [0.25, 0.3) is 0 Å². The quantitative estimate of drug-likeness (QED) is 0.467. The zero-order valence-corrected chi connectivity index (χ0v) is 15.6. The zero-order chi connectivity index (χ0) is 19.5. The first-order valence-corrected chi connectivity index (χ1v) is 8.96. The summed E-state index contributed by atoms with van der Waals surface area (Å²) in [5.41, 5.74) is 0. The van der Waals surface area contributed by atoms with E-state index in [2.05, 4.69) is 0 Å². The number of nitrogens with zero attached hydrogens (tertiary/aromatic N) is 1. The van der Waals surface area contributed by atoms with Crippen LogP contribution in [0.15, 0.2) is 0 Å². The van der Waals surface area contributed by atoms with Gasteiger partial charge in [-0.25, -0.2) is 0 Å². The van der Waals surface area contributed by atoms with Crippen LogP contribution in [0, 0.1) is 5.92 Å². The summed E-state index contributed by atoms with van der Waals surface area (Å²) in [6.07, 6.45) is -3.13. The van der Waals surface area contributed by atoms with Gasteiger partial charge in [-0.3, -0.25) is 19.2 Å². The van der Waals surface area contributed by atoms with E-state index in [0.717, 1.165) is 0 Å². The molecule has 27 heavy (non-hydrogen) atoms. The molecule has 4 rings (SSSR count). The molecule has 10 heteroatoms. The predicted molar refractivity (Wildman–Crippen MR) is 84.7 cm³/mol. The number of hydroxylamine groups is 2. The Labute approximate surface area is 155 Å². The molecule has 0 aromatic rings. The molecule has 4 aliphatic heterocycles. The largest absolute Gasteiger partial charge is 0.462 e. The molecular formula is C17H23NO9. The van der Waals surface area contributed by atoms with Gasteiger partial charge in [0.15, 0.2) is 18.0 Å². The van der Waals surface area contributed by atoms with Crippen molar-refractivity contribution >= 4 is 17.9 Å². The molecule has 4 aliphatic rings. The molecule has 4 fully saturated rings.